The first-order valence-electron chi connectivity index (χ1n) is 18.8. The molecule has 0 spiro atoms. The van der Waals surface area contributed by atoms with Crippen LogP contribution in [0.4, 0.5) is 21.7 Å². The summed E-state index contributed by atoms with van der Waals surface area (Å²) in [5.41, 5.74) is 2.82. The molecule has 2 N–H and O–H groups in total. The van der Waals surface area contributed by atoms with Crippen LogP contribution >= 0.6 is 0 Å². The van der Waals surface area contributed by atoms with E-state index < -0.39 is 11.7 Å². The van der Waals surface area contributed by atoms with Gasteiger partial charge in [0, 0.05) is 81.6 Å². The number of ether oxygens (including phenoxy) is 5. The molecular weight excluding hydrogens is 721 g/mol. The molecule has 3 heterocycles. The summed E-state index contributed by atoms with van der Waals surface area (Å²) in [4.78, 5) is 41.7. The number of aromatic nitrogens is 2. The predicted octanol–water partition coefficient (Wildman–Crippen LogP) is 5.67. The van der Waals surface area contributed by atoms with E-state index in [0.717, 1.165) is 37.3 Å². The van der Waals surface area contributed by atoms with Crippen LogP contribution in [-0.2, 0) is 9.53 Å². The number of piperazine rings is 1. The van der Waals surface area contributed by atoms with Gasteiger partial charge in [0.25, 0.3) is 11.8 Å². The fourth-order valence-corrected chi connectivity index (χ4v) is 6.44. The van der Waals surface area contributed by atoms with Crippen LogP contribution in [0, 0.1) is 19.7 Å². The molecule has 4 aromatic rings. The number of benzene rings is 3. The number of methoxy groups -OCH3 is 1. The van der Waals surface area contributed by atoms with Crippen molar-refractivity contribution >= 4 is 29.1 Å². The quantitative estimate of drug-likeness (QED) is 0.154. The number of carbonyl (C=O) groups is 2. The van der Waals surface area contributed by atoms with Gasteiger partial charge in [-0.3, -0.25) is 19.4 Å². The Morgan fingerprint density at radius 1 is 0.911 bits per heavy atom. The maximum atomic E-state index is 15.2. The molecule has 0 saturated carbocycles. The molecule has 0 bridgehead atoms. The van der Waals surface area contributed by atoms with Gasteiger partial charge in [-0.1, -0.05) is 18.2 Å². The highest BCUT2D eigenvalue weighted by Gasteiger charge is 2.23. The van der Waals surface area contributed by atoms with Gasteiger partial charge in [0.1, 0.15) is 17.9 Å². The number of hydrogen-bond acceptors (Lipinski definition) is 12. The van der Waals surface area contributed by atoms with Gasteiger partial charge in [0.15, 0.2) is 29.7 Å². The molecule has 0 atom stereocenters. The van der Waals surface area contributed by atoms with Gasteiger partial charge in [0.2, 0.25) is 11.8 Å². The summed E-state index contributed by atoms with van der Waals surface area (Å²) in [5, 5.41) is 5.96. The summed E-state index contributed by atoms with van der Waals surface area (Å²) in [6.07, 6.45) is 1.34. The average Bonchev–Trinajstić information content (AvgIpc) is 3.20. The monoisotopic (exact) mass is 771 g/mol. The van der Waals surface area contributed by atoms with Gasteiger partial charge in [-0.2, -0.15) is 4.98 Å². The van der Waals surface area contributed by atoms with Crippen LogP contribution in [0.3, 0.4) is 0 Å². The smallest absolute Gasteiger partial charge is 0.262 e. The van der Waals surface area contributed by atoms with Crippen LogP contribution in [0.2, 0.25) is 0 Å². The van der Waals surface area contributed by atoms with E-state index in [1.165, 1.54) is 19.4 Å². The second kappa shape index (κ2) is 18.9. The summed E-state index contributed by atoms with van der Waals surface area (Å²) >= 11 is 0. The first-order valence-corrected chi connectivity index (χ1v) is 18.8. The molecule has 0 aliphatic carbocycles. The van der Waals surface area contributed by atoms with Crippen LogP contribution in [0.1, 0.15) is 35.3 Å². The number of amides is 2. The zero-order chi connectivity index (χ0) is 39.6. The number of rotatable bonds is 15. The SMILES string of the molecule is COc1cc(OCC(=O)N2CCOCC2)ccc1Oc1nc(Nc2ccc(OCCN3CCN(C(C)C)CC3)c(F)c2)ncc1C(=O)Nc1c(C)cccc1C. The Labute approximate surface area is 326 Å². The van der Waals surface area contributed by atoms with Crippen molar-refractivity contribution in [3.63, 3.8) is 0 Å². The van der Waals surface area contributed by atoms with E-state index in [1.54, 1.807) is 35.2 Å². The Bertz CT molecular complexity index is 1960. The third-order valence-corrected chi connectivity index (χ3v) is 9.78. The fraction of sp³-hybridized carbons (Fsp3) is 0.415. The standard InChI is InChI=1S/C41H50FN7O7/c1-27(2)48-15-13-47(14-16-48)17-22-54-34-11-9-30(23-33(34)42)44-41-43-25-32(39(51)45-38-28(3)7-6-8-29(38)4)40(46-41)56-35-12-10-31(24-36(35)52-5)55-26-37(50)49-18-20-53-21-19-49/h6-12,23-25,27H,13-22,26H2,1-5H3,(H,45,51)(H,43,44,46). The highest BCUT2D eigenvalue weighted by atomic mass is 19.1. The van der Waals surface area contributed by atoms with E-state index in [2.05, 4.69) is 44.2 Å². The van der Waals surface area contributed by atoms with E-state index in [9.17, 15) is 9.59 Å². The molecule has 6 rings (SSSR count). The molecule has 3 aromatic carbocycles. The minimum atomic E-state index is -0.542. The lowest BCUT2D eigenvalue weighted by Crippen LogP contribution is -2.49. The Balaban J connectivity index is 1.17. The molecule has 1 aromatic heterocycles. The molecule has 56 heavy (non-hydrogen) atoms. The highest BCUT2D eigenvalue weighted by Crippen LogP contribution is 2.36. The van der Waals surface area contributed by atoms with Crippen molar-refractivity contribution in [1.29, 1.82) is 0 Å². The number of para-hydroxylation sites is 1. The highest BCUT2D eigenvalue weighted by molar-refractivity contribution is 6.06. The second-order valence-corrected chi connectivity index (χ2v) is 13.9. The van der Waals surface area contributed by atoms with Crippen molar-refractivity contribution < 1.29 is 37.7 Å². The Kier molecular flexibility index (Phi) is 13.5. The molecule has 0 radical (unpaired) electrons. The predicted molar refractivity (Wildman–Crippen MR) is 210 cm³/mol. The van der Waals surface area contributed by atoms with Crippen LogP contribution in [0.15, 0.2) is 60.8 Å². The minimum Gasteiger partial charge on any atom is -0.493 e. The molecule has 298 valence electrons. The summed E-state index contributed by atoms with van der Waals surface area (Å²) < 4.78 is 44.0. The van der Waals surface area contributed by atoms with Crippen molar-refractivity contribution in [2.45, 2.75) is 33.7 Å². The molecule has 14 nitrogen and oxygen atoms in total. The Morgan fingerprint density at radius 2 is 1.64 bits per heavy atom. The van der Waals surface area contributed by atoms with Gasteiger partial charge in [0.05, 0.1) is 20.3 Å². The normalized spacial score (nSPS) is 15.0. The van der Waals surface area contributed by atoms with E-state index in [-0.39, 0.29) is 47.2 Å². The number of halogens is 1. The number of hydrogen-bond donors (Lipinski definition) is 2. The summed E-state index contributed by atoms with van der Waals surface area (Å²) in [5.74, 6) is -0.212. The third kappa shape index (κ3) is 10.4. The topological polar surface area (TPSA) is 140 Å². The van der Waals surface area contributed by atoms with Crippen LogP contribution < -0.4 is 29.6 Å². The van der Waals surface area contributed by atoms with Gasteiger partial charge >= 0.3 is 0 Å². The van der Waals surface area contributed by atoms with Crippen LogP contribution in [-0.4, -0.2) is 122 Å². The summed E-state index contributed by atoms with van der Waals surface area (Å²) in [6, 6.07) is 15.6. The van der Waals surface area contributed by atoms with Gasteiger partial charge in [-0.05, 0) is 63.1 Å². The lowest BCUT2D eigenvalue weighted by atomic mass is 10.1. The zero-order valence-electron chi connectivity index (χ0n) is 32.6. The molecule has 2 aliphatic rings. The third-order valence-electron chi connectivity index (χ3n) is 9.78. The van der Waals surface area contributed by atoms with Crippen molar-refractivity contribution in [3.8, 4) is 28.9 Å². The molecule has 2 aliphatic heterocycles. The molecule has 2 saturated heterocycles. The molecular formula is C41H50FN7O7. The van der Waals surface area contributed by atoms with Gasteiger partial charge < -0.3 is 39.2 Å². The average molecular weight is 772 g/mol. The van der Waals surface area contributed by atoms with E-state index in [0.29, 0.717) is 62.6 Å². The molecule has 15 heteroatoms. The molecule has 0 unspecified atom stereocenters. The fourth-order valence-electron chi connectivity index (χ4n) is 6.44. The van der Waals surface area contributed by atoms with Gasteiger partial charge in [-0.25, -0.2) is 9.37 Å². The lowest BCUT2D eigenvalue weighted by Gasteiger charge is -2.36. The summed E-state index contributed by atoms with van der Waals surface area (Å²) in [7, 11) is 1.46. The molecule has 2 amide bonds. The van der Waals surface area contributed by atoms with Gasteiger partial charge in [-0.15, -0.1) is 0 Å². The number of aryl methyl sites for hydroxylation is 2. The van der Waals surface area contributed by atoms with Crippen LogP contribution in [0.25, 0.3) is 0 Å². The number of nitrogens with zero attached hydrogens (tertiary/aromatic N) is 5. The van der Waals surface area contributed by atoms with Crippen molar-refractivity contribution in [2.24, 2.45) is 0 Å². The first-order chi connectivity index (χ1) is 27.1. The van der Waals surface area contributed by atoms with Crippen LogP contribution in [0.5, 0.6) is 28.9 Å². The second-order valence-electron chi connectivity index (χ2n) is 13.9. The number of nitrogens with one attached hydrogen (secondary N) is 2. The Morgan fingerprint density at radius 3 is 2.34 bits per heavy atom. The summed E-state index contributed by atoms with van der Waals surface area (Å²) in [6.45, 7) is 15.1. The Hall–Kier alpha value is -5.51. The molecule has 2 fully saturated rings. The maximum absolute atomic E-state index is 15.2. The van der Waals surface area contributed by atoms with Crippen molar-refractivity contribution in [1.82, 2.24) is 24.7 Å². The van der Waals surface area contributed by atoms with Crippen molar-refractivity contribution in [3.05, 3.63) is 83.3 Å². The minimum absolute atomic E-state index is 0.0391. The number of carbonyl (C=O) groups excluding carboxylic acids is 2. The van der Waals surface area contributed by atoms with E-state index in [1.807, 2.05) is 32.0 Å². The zero-order valence-corrected chi connectivity index (χ0v) is 32.6. The van der Waals surface area contributed by atoms with Crippen molar-refractivity contribution in [2.75, 3.05) is 90.0 Å². The van der Waals surface area contributed by atoms with E-state index >= 15 is 4.39 Å². The largest absolute Gasteiger partial charge is 0.493 e. The maximum Gasteiger partial charge on any atom is 0.262 e. The van der Waals surface area contributed by atoms with E-state index in [4.69, 9.17) is 23.7 Å². The number of morpholine rings is 1. The first kappa shape index (κ1) is 40.2. The number of anilines is 3. The lowest BCUT2D eigenvalue weighted by molar-refractivity contribution is -0.137.